The van der Waals surface area contributed by atoms with Crippen molar-refractivity contribution in [1.82, 2.24) is 5.32 Å². The Morgan fingerprint density at radius 3 is 2.42 bits per heavy atom. The van der Waals surface area contributed by atoms with Crippen LogP contribution in [0.15, 0.2) is 18.2 Å². The molecule has 1 amide bonds. The minimum absolute atomic E-state index is 0.105. The van der Waals surface area contributed by atoms with Crippen LogP contribution in [0.25, 0.3) is 0 Å². The zero-order chi connectivity index (χ0) is 23.3. The van der Waals surface area contributed by atoms with Crippen LogP contribution in [0.2, 0.25) is 0 Å². The van der Waals surface area contributed by atoms with E-state index in [-0.39, 0.29) is 30.1 Å². The first-order valence-corrected chi connectivity index (χ1v) is 9.61. The Bertz CT molecular complexity index is 776. The van der Waals surface area contributed by atoms with Gasteiger partial charge in [0.25, 0.3) is 5.91 Å². The molecule has 1 heterocycles. The zero-order valence-electron chi connectivity index (χ0n) is 17.0. The van der Waals surface area contributed by atoms with Crippen LogP contribution in [0.3, 0.4) is 0 Å². The number of amides is 1. The quantitative estimate of drug-likeness (QED) is 0.225. The number of carboxylic acids is 1. The molecule has 0 aliphatic carbocycles. The van der Waals surface area contributed by atoms with Gasteiger partial charge in [-0.25, -0.2) is 4.79 Å². The number of ether oxygens (including phenoxy) is 3. The standard InChI is InChI=1S/C19H28N2O10/c1-8(6-20)29-9(2)7-21-17(26)10-3-4-12(11(22)5-10)30-19-15(25)13(23)14(24)16(31-19)18(27)28/h3-5,8-9,13-16,19,22-25H,6-7,20H2,1-2H3,(H,21,26)(H,27,28)/t8?,9?,13-,14-,15+,16-,19+/m0/s1. The first kappa shape index (κ1) is 24.8. The number of carbonyl (C=O) groups is 2. The monoisotopic (exact) mass is 444 g/mol. The molecule has 1 aromatic rings. The van der Waals surface area contributed by atoms with Gasteiger partial charge < -0.3 is 50.8 Å². The molecule has 1 aromatic carbocycles. The Morgan fingerprint density at radius 2 is 1.84 bits per heavy atom. The van der Waals surface area contributed by atoms with Crippen molar-refractivity contribution in [3.05, 3.63) is 23.8 Å². The van der Waals surface area contributed by atoms with Crippen molar-refractivity contribution in [3.63, 3.8) is 0 Å². The normalized spacial score (nSPS) is 27.9. The largest absolute Gasteiger partial charge is 0.504 e. The van der Waals surface area contributed by atoms with Crippen LogP contribution in [0.4, 0.5) is 0 Å². The molecule has 1 saturated heterocycles. The smallest absolute Gasteiger partial charge is 0.335 e. The number of hydrogen-bond donors (Lipinski definition) is 7. The lowest BCUT2D eigenvalue weighted by atomic mass is 9.99. The third kappa shape index (κ3) is 6.26. The van der Waals surface area contributed by atoms with Crippen LogP contribution >= 0.6 is 0 Å². The van der Waals surface area contributed by atoms with E-state index in [1.54, 1.807) is 13.8 Å². The molecule has 31 heavy (non-hydrogen) atoms. The third-order valence-electron chi connectivity index (χ3n) is 4.62. The summed E-state index contributed by atoms with van der Waals surface area (Å²) in [6.45, 7) is 4.13. The molecule has 2 unspecified atom stereocenters. The van der Waals surface area contributed by atoms with Crippen LogP contribution < -0.4 is 15.8 Å². The summed E-state index contributed by atoms with van der Waals surface area (Å²) in [7, 11) is 0. The summed E-state index contributed by atoms with van der Waals surface area (Å²) in [5.41, 5.74) is 5.58. The lowest BCUT2D eigenvalue weighted by molar-refractivity contribution is -0.271. The van der Waals surface area contributed by atoms with Gasteiger partial charge >= 0.3 is 5.97 Å². The molecule has 1 aliphatic rings. The summed E-state index contributed by atoms with van der Waals surface area (Å²) in [4.78, 5) is 23.4. The van der Waals surface area contributed by atoms with Crippen molar-refractivity contribution in [2.24, 2.45) is 5.73 Å². The molecular weight excluding hydrogens is 416 g/mol. The van der Waals surface area contributed by atoms with Gasteiger partial charge in [0.15, 0.2) is 17.6 Å². The van der Waals surface area contributed by atoms with E-state index in [1.807, 2.05) is 0 Å². The molecular formula is C19H28N2O10. The Balaban J connectivity index is 2.02. The van der Waals surface area contributed by atoms with Crippen LogP contribution in [-0.4, -0.2) is 93.4 Å². The van der Waals surface area contributed by atoms with Crippen LogP contribution in [0.5, 0.6) is 11.5 Å². The molecule has 8 N–H and O–H groups in total. The number of nitrogens with one attached hydrogen (secondary N) is 1. The van der Waals surface area contributed by atoms with Gasteiger partial charge in [-0.3, -0.25) is 4.79 Å². The maximum atomic E-state index is 12.3. The molecule has 2 rings (SSSR count). The summed E-state index contributed by atoms with van der Waals surface area (Å²) >= 11 is 0. The number of aromatic hydroxyl groups is 1. The van der Waals surface area contributed by atoms with E-state index in [9.17, 15) is 30.0 Å². The number of aliphatic hydroxyl groups excluding tert-OH is 3. The second-order valence-corrected chi connectivity index (χ2v) is 7.24. The van der Waals surface area contributed by atoms with Gasteiger partial charge in [-0.2, -0.15) is 0 Å². The number of phenols is 1. The molecule has 0 saturated carbocycles. The number of phenolic OH excluding ortho intramolecular Hbond substituents is 1. The van der Waals surface area contributed by atoms with Gasteiger partial charge in [0.1, 0.15) is 18.3 Å². The predicted octanol–water partition coefficient (Wildman–Crippen LogP) is -1.85. The maximum absolute atomic E-state index is 12.3. The van der Waals surface area contributed by atoms with Crippen molar-refractivity contribution in [1.29, 1.82) is 0 Å². The van der Waals surface area contributed by atoms with Gasteiger partial charge in [0, 0.05) is 18.7 Å². The molecule has 0 radical (unpaired) electrons. The first-order valence-electron chi connectivity index (χ1n) is 9.61. The highest BCUT2D eigenvalue weighted by molar-refractivity contribution is 5.94. The molecule has 0 bridgehead atoms. The predicted molar refractivity (Wildman–Crippen MR) is 104 cm³/mol. The summed E-state index contributed by atoms with van der Waals surface area (Å²) < 4.78 is 15.8. The highest BCUT2D eigenvalue weighted by Crippen LogP contribution is 2.31. The SMILES string of the molecule is CC(CN)OC(C)CNC(=O)c1ccc(O[C@@H]2O[C@H](C(=O)O)[C@@H](O)[C@H](O)[C@H]2O)c(O)c1. The minimum Gasteiger partial charge on any atom is -0.504 e. The Morgan fingerprint density at radius 1 is 1.16 bits per heavy atom. The van der Waals surface area contributed by atoms with Gasteiger partial charge in [-0.1, -0.05) is 0 Å². The number of benzene rings is 1. The number of hydrogen-bond acceptors (Lipinski definition) is 10. The van der Waals surface area contributed by atoms with Crippen molar-refractivity contribution in [2.45, 2.75) is 56.8 Å². The second-order valence-electron chi connectivity index (χ2n) is 7.24. The summed E-state index contributed by atoms with van der Waals surface area (Å²) in [6.07, 6.45) is -9.48. The van der Waals surface area contributed by atoms with E-state index >= 15 is 0 Å². The Hall–Kier alpha value is -2.48. The lowest BCUT2D eigenvalue weighted by Gasteiger charge is -2.38. The number of carbonyl (C=O) groups excluding carboxylic acids is 1. The van der Waals surface area contributed by atoms with E-state index in [1.165, 1.54) is 12.1 Å². The lowest BCUT2D eigenvalue weighted by Crippen LogP contribution is -2.61. The van der Waals surface area contributed by atoms with Crippen LogP contribution in [0, 0.1) is 0 Å². The van der Waals surface area contributed by atoms with Crippen LogP contribution in [0.1, 0.15) is 24.2 Å². The highest BCUT2D eigenvalue weighted by Gasteiger charge is 2.48. The summed E-state index contributed by atoms with van der Waals surface area (Å²) in [5, 5.41) is 51.4. The highest BCUT2D eigenvalue weighted by atomic mass is 16.7. The van der Waals surface area contributed by atoms with Crippen LogP contribution in [-0.2, 0) is 14.3 Å². The molecule has 1 aliphatic heterocycles. The molecule has 12 heteroatoms. The molecule has 12 nitrogen and oxygen atoms in total. The van der Waals surface area contributed by atoms with Gasteiger partial charge in [-0.05, 0) is 32.0 Å². The average Bonchev–Trinajstić information content (AvgIpc) is 2.73. The second kappa shape index (κ2) is 10.7. The molecule has 0 aromatic heterocycles. The summed E-state index contributed by atoms with van der Waals surface area (Å²) in [6, 6.07) is 3.64. The van der Waals surface area contributed by atoms with Gasteiger partial charge in [0.05, 0.1) is 12.2 Å². The zero-order valence-corrected chi connectivity index (χ0v) is 17.0. The van der Waals surface area contributed by atoms with E-state index in [0.29, 0.717) is 6.54 Å². The van der Waals surface area contributed by atoms with Crippen molar-refractivity contribution >= 4 is 11.9 Å². The number of aliphatic carboxylic acids is 1. The summed E-state index contributed by atoms with van der Waals surface area (Å²) in [5.74, 6) is -2.78. The van der Waals surface area contributed by atoms with E-state index in [0.717, 1.165) is 6.07 Å². The van der Waals surface area contributed by atoms with Gasteiger partial charge in [-0.15, -0.1) is 0 Å². The third-order valence-corrected chi connectivity index (χ3v) is 4.62. The van der Waals surface area contributed by atoms with Crippen molar-refractivity contribution < 1.29 is 49.3 Å². The molecule has 7 atom stereocenters. The van der Waals surface area contributed by atoms with Gasteiger partial charge in [0.2, 0.25) is 6.29 Å². The maximum Gasteiger partial charge on any atom is 0.335 e. The molecule has 174 valence electrons. The van der Waals surface area contributed by atoms with E-state index < -0.39 is 48.3 Å². The number of carboxylic acid groups (broad SMARTS) is 1. The van der Waals surface area contributed by atoms with E-state index in [2.05, 4.69) is 5.32 Å². The number of aliphatic hydroxyl groups is 3. The Kier molecular flexibility index (Phi) is 8.56. The average molecular weight is 444 g/mol. The fourth-order valence-electron chi connectivity index (χ4n) is 2.87. The van der Waals surface area contributed by atoms with E-state index in [4.69, 9.17) is 25.1 Å². The fraction of sp³-hybridized carbons (Fsp3) is 0.579. The van der Waals surface area contributed by atoms with Crippen molar-refractivity contribution in [3.8, 4) is 11.5 Å². The first-order chi connectivity index (χ1) is 14.5. The topological polar surface area (TPSA) is 201 Å². The Labute approximate surface area is 178 Å². The number of nitrogens with two attached hydrogens (primary N) is 1. The van der Waals surface area contributed by atoms with Crippen molar-refractivity contribution in [2.75, 3.05) is 13.1 Å². The minimum atomic E-state index is -1.87. The molecule has 0 spiro atoms. The molecule has 1 fully saturated rings. The fourth-order valence-corrected chi connectivity index (χ4v) is 2.87. The number of rotatable bonds is 9.